The van der Waals surface area contributed by atoms with Crippen LogP contribution in [0.4, 0.5) is 5.69 Å². The van der Waals surface area contributed by atoms with Crippen LogP contribution in [-0.4, -0.2) is 38.4 Å². The highest BCUT2D eigenvalue weighted by Gasteiger charge is 2.30. The first-order valence-corrected chi connectivity index (χ1v) is 11.0. The standard InChI is InChI=1S/C18H15ClIN5O3S/c19-14-11(4-3-5-12(14)29-18-21-8-10(20)9-22-18)23-16(26)15-17(27)24-13-6-1-2-7-25(13)28-15/h3-5,8-9,27H,1-2,6-7H2,(H,23,26). The van der Waals surface area contributed by atoms with E-state index in [1.807, 2.05) is 6.07 Å². The van der Waals surface area contributed by atoms with Crippen molar-refractivity contribution in [3.05, 3.63) is 50.8 Å². The molecule has 29 heavy (non-hydrogen) atoms. The number of aliphatic imine (C=N–C) groups is 1. The number of amides is 1. The highest BCUT2D eigenvalue weighted by atomic mass is 127. The van der Waals surface area contributed by atoms with Gasteiger partial charge in [0.1, 0.15) is 5.84 Å². The molecule has 8 nitrogen and oxygen atoms in total. The molecule has 2 aliphatic heterocycles. The fourth-order valence-electron chi connectivity index (χ4n) is 2.79. The zero-order valence-corrected chi connectivity index (χ0v) is 18.7. The molecule has 0 radical (unpaired) electrons. The Morgan fingerprint density at radius 2 is 2.10 bits per heavy atom. The van der Waals surface area contributed by atoms with Crippen molar-refractivity contribution in [2.45, 2.75) is 29.3 Å². The average molecular weight is 544 g/mol. The van der Waals surface area contributed by atoms with Crippen LogP contribution in [0.2, 0.25) is 5.02 Å². The van der Waals surface area contributed by atoms with Gasteiger partial charge in [0.25, 0.3) is 17.5 Å². The fourth-order valence-corrected chi connectivity index (χ4v) is 4.11. The number of aliphatic hydroxyl groups excluding tert-OH is 1. The van der Waals surface area contributed by atoms with E-state index in [0.29, 0.717) is 39.6 Å². The van der Waals surface area contributed by atoms with Gasteiger partial charge in [0, 0.05) is 27.3 Å². The Kier molecular flexibility index (Phi) is 6.11. The number of anilines is 1. The van der Waals surface area contributed by atoms with Gasteiger partial charge in [-0.15, -0.1) is 0 Å². The maximum atomic E-state index is 12.7. The van der Waals surface area contributed by atoms with Crippen LogP contribution in [0.1, 0.15) is 19.3 Å². The summed E-state index contributed by atoms with van der Waals surface area (Å²) in [7, 11) is 0. The van der Waals surface area contributed by atoms with Crippen LogP contribution in [0.3, 0.4) is 0 Å². The second-order valence-electron chi connectivity index (χ2n) is 6.19. The number of carbonyl (C=O) groups is 1. The van der Waals surface area contributed by atoms with Crippen molar-refractivity contribution in [3.8, 4) is 0 Å². The molecule has 0 saturated carbocycles. The van der Waals surface area contributed by atoms with Gasteiger partial charge in [-0.2, -0.15) is 10.1 Å². The van der Waals surface area contributed by atoms with Crippen molar-refractivity contribution >= 4 is 63.4 Å². The number of halogens is 2. The third kappa shape index (κ3) is 4.59. The molecule has 3 heterocycles. The van der Waals surface area contributed by atoms with Crippen molar-refractivity contribution in [1.82, 2.24) is 15.0 Å². The molecule has 0 atom stereocenters. The minimum atomic E-state index is -0.634. The molecule has 2 aromatic rings. The molecule has 1 aromatic carbocycles. The molecule has 2 aliphatic rings. The summed E-state index contributed by atoms with van der Waals surface area (Å²) in [5, 5.41) is 15.2. The third-order valence-electron chi connectivity index (χ3n) is 4.15. The number of fused-ring (bicyclic) bond motifs is 1. The molecule has 2 N–H and O–H groups in total. The van der Waals surface area contributed by atoms with E-state index in [1.165, 1.54) is 11.8 Å². The van der Waals surface area contributed by atoms with Gasteiger partial charge in [0.15, 0.2) is 5.16 Å². The van der Waals surface area contributed by atoms with Crippen molar-refractivity contribution in [3.63, 3.8) is 0 Å². The molecule has 0 aliphatic carbocycles. The van der Waals surface area contributed by atoms with Crippen LogP contribution in [0.5, 0.6) is 0 Å². The first kappa shape index (κ1) is 20.2. The number of hydrogen-bond acceptors (Lipinski definition) is 8. The molecular weight excluding hydrogens is 529 g/mol. The van der Waals surface area contributed by atoms with E-state index in [4.69, 9.17) is 16.4 Å². The zero-order valence-electron chi connectivity index (χ0n) is 14.9. The SMILES string of the molecule is O=C(Nc1cccc(Sc2ncc(I)cn2)c1Cl)C1=C(O)N=C2CCCCN2O1. The Balaban J connectivity index is 1.52. The number of nitrogens with zero attached hydrogens (tertiary/aromatic N) is 4. The van der Waals surface area contributed by atoms with E-state index in [-0.39, 0.29) is 5.76 Å². The number of piperidine rings is 1. The summed E-state index contributed by atoms with van der Waals surface area (Å²) in [5.41, 5.74) is 0.379. The minimum Gasteiger partial charge on any atom is -0.490 e. The number of amidine groups is 1. The lowest BCUT2D eigenvalue weighted by atomic mass is 10.1. The molecule has 0 bridgehead atoms. The summed E-state index contributed by atoms with van der Waals surface area (Å²) < 4.78 is 0.930. The largest absolute Gasteiger partial charge is 0.490 e. The number of hydrogen-bond donors (Lipinski definition) is 2. The molecule has 0 unspecified atom stereocenters. The van der Waals surface area contributed by atoms with Crippen molar-refractivity contribution < 1.29 is 14.7 Å². The van der Waals surface area contributed by atoms with Gasteiger partial charge in [0.2, 0.25) is 0 Å². The minimum absolute atomic E-state index is 0.259. The predicted molar refractivity (Wildman–Crippen MR) is 118 cm³/mol. The van der Waals surface area contributed by atoms with Gasteiger partial charge in [0.05, 0.1) is 17.3 Å². The van der Waals surface area contributed by atoms with Crippen molar-refractivity contribution in [2.75, 3.05) is 11.9 Å². The van der Waals surface area contributed by atoms with E-state index in [2.05, 4.69) is 42.9 Å². The number of rotatable bonds is 4. The summed E-state index contributed by atoms with van der Waals surface area (Å²) in [6, 6.07) is 5.23. The van der Waals surface area contributed by atoms with Crippen LogP contribution in [0.15, 0.2) is 57.3 Å². The second-order valence-corrected chi connectivity index (χ2v) is 8.82. The Bertz CT molecular complexity index is 1020. The highest BCUT2D eigenvalue weighted by molar-refractivity contribution is 14.1. The topological polar surface area (TPSA) is 99.9 Å². The molecule has 1 aromatic heterocycles. The van der Waals surface area contributed by atoms with E-state index in [0.717, 1.165) is 16.4 Å². The number of carbonyl (C=O) groups excluding carboxylic acids is 1. The van der Waals surface area contributed by atoms with E-state index in [9.17, 15) is 9.90 Å². The normalized spacial score (nSPS) is 16.1. The summed E-state index contributed by atoms with van der Waals surface area (Å²) in [6.07, 6.45) is 6.02. The average Bonchev–Trinajstić information content (AvgIpc) is 2.72. The van der Waals surface area contributed by atoms with Gasteiger partial charge in [-0.1, -0.05) is 17.7 Å². The lowest BCUT2D eigenvalue weighted by Gasteiger charge is -2.32. The van der Waals surface area contributed by atoms with Crippen LogP contribution >= 0.6 is 46.0 Å². The lowest BCUT2D eigenvalue weighted by molar-refractivity contribution is -0.128. The Hall–Kier alpha value is -2.05. The lowest BCUT2D eigenvalue weighted by Crippen LogP contribution is -2.40. The number of benzene rings is 1. The smallest absolute Gasteiger partial charge is 0.299 e. The maximum absolute atomic E-state index is 12.7. The first-order valence-electron chi connectivity index (χ1n) is 8.73. The van der Waals surface area contributed by atoms with E-state index >= 15 is 0 Å². The van der Waals surface area contributed by atoms with Crippen molar-refractivity contribution in [2.24, 2.45) is 4.99 Å². The number of aliphatic hydroxyl groups is 1. The molecule has 0 spiro atoms. The van der Waals surface area contributed by atoms with Crippen LogP contribution < -0.4 is 5.32 Å². The summed E-state index contributed by atoms with van der Waals surface area (Å²) >= 11 is 9.88. The Morgan fingerprint density at radius 3 is 2.90 bits per heavy atom. The number of nitrogens with one attached hydrogen (secondary N) is 1. The maximum Gasteiger partial charge on any atom is 0.299 e. The highest BCUT2D eigenvalue weighted by Crippen LogP contribution is 2.36. The van der Waals surface area contributed by atoms with Gasteiger partial charge < -0.3 is 15.3 Å². The number of aromatic nitrogens is 2. The van der Waals surface area contributed by atoms with E-state index in [1.54, 1.807) is 29.6 Å². The predicted octanol–water partition coefficient (Wildman–Crippen LogP) is 4.38. The summed E-state index contributed by atoms with van der Waals surface area (Å²) in [5.74, 6) is -0.708. The van der Waals surface area contributed by atoms with E-state index < -0.39 is 11.8 Å². The van der Waals surface area contributed by atoms with Crippen LogP contribution in [0, 0.1) is 3.57 Å². The molecule has 4 rings (SSSR count). The molecule has 1 amide bonds. The van der Waals surface area contributed by atoms with Gasteiger partial charge in [-0.25, -0.2) is 9.97 Å². The third-order valence-corrected chi connectivity index (χ3v) is 6.18. The van der Waals surface area contributed by atoms with Crippen molar-refractivity contribution in [1.29, 1.82) is 0 Å². The Morgan fingerprint density at radius 1 is 1.31 bits per heavy atom. The molecule has 1 fully saturated rings. The summed E-state index contributed by atoms with van der Waals surface area (Å²) in [4.78, 5) is 31.5. The second kappa shape index (κ2) is 8.76. The summed E-state index contributed by atoms with van der Waals surface area (Å²) in [6.45, 7) is 0.617. The molecule has 1 saturated heterocycles. The molecule has 11 heteroatoms. The van der Waals surface area contributed by atoms with Crippen LogP contribution in [0.25, 0.3) is 0 Å². The molecular formula is C18H15ClIN5O3S. The zero-order chi connectivity index (χ0) is 20.4. The molecule has 150 valence electrons. The first-order chi connectivity index (χ1) is 14.0. The van der Waals surface area contributed by atoms with Gasteiger partial charge in [-0.3, -0.25) is 4.79 Å². The monoisotopic (exact) mass is 543 g/mol. The fraction of sp³-hybridized carbons (Fsp3) is 0.222. The quantitative estimate of drug-likeness (QED) is 0.436. The number of hydroxylamine groups is 2. The van der Waals surface area contributed by atoms with Gasteiger partial charge >= 0.3 is 0 Å². The van der Waals surface area contributed by atoms with Gasteiger partial charge in [-0.05, 0) is 59.3 Å². The Labute approximate surface area is 189 Å². The van der Waals surface area contributed by atoms with Crippen LogP contribution in [-0.2, 0) is 9.63 Å².